The number of carbonyl (C=O) groups excluding carboxylic acids is 2. The van der Waals surface area contributed by atoms with Crippen molar-refractivity contribution in [3.8, 4) is 11.1 Å². The van der Waals surface area contributed by atoms with E-state index in [1.54, 1.807) is 6.07 Å². The van der Waals surface area contributed by atoms with E-state index in [1.165, 1.54) is 0 Å². The summed E-state index contributed by atoms with van der Waals surface area (Å²) in [6, 6.07) is 14.2. The van der Waals surface area contributed by atoms with Crippen LogP contribution in [0.4, 0.5) is 4.79 Å². The largest absolute Gasteiger partial charge is 0.350 e. The van der Waals surface area contributed by atoms with Gasteiger partial charge in [0.1, 0.15) is 0 Å². The fourth-order valence-electron chi connectivity index (χ4n) is 1.90. The van der Waals surface area contributed by atoms with Gasteiger partial charge in [0.15, 0.2) is 0 Å². The third-order valence-electron chi connectivity index (χ3n) is 2.80. The predicted molar refractivity (Wildman–Crippen MR) is 76.8 cm³/mol. The first-order valence-electron chi connectivity index (χ1n) is 6.10. The van der Waals surface area contributed by atoms with Crippen LogP contribution >= 0.6 is 0 Å². The summed E-state index contributed by atoms with van der Waals surface area (Å²) in [5.74, 6) is -0.414. The first kappa shape index (κ1) is 13.6. The average Bonchev–Trinajstić information content (AvgIpc) is 2.45. The van der Waals surface area contributed by atoms with E-state index in [9.17, 15) is 9.59 Å². The molecule has 0 atom stereocenters. The van der Waals surface area contributed by atoms with E-state index < -0.39 is 11.9 Å². The molecule has 5 heteroatoms. The quantitative estimate of drug-likeness (QED) is 0.728. The Morgan fingerprint density at radius 1 is 1.00 bits per heavy atom. The van der Waals surface area contributed by atoms with Gasteiger partial charge < -0.3 is 5.73 Å². The lowest BCUT2D eigenvalue weighted by Gasteiger charge is -2.11. The van der Waals surface area contributed by atoms with Gasteiger partial charge in [-0.3, -0.25) is 10.2 Å². The maximum atomic E-state index is 12.1. The molecule has 0 aliphatic carbocycles. The minimum atomic E-state index is -0.813. The number of hydrogen-bond donors (Lipinski definition) is 3. The molecule has 0 unspecified atom stereocenters. The monoisotopic (exact) mass is 269 g/mol. The van der Waals surface area contributed by atoms with E-state index in [2.05, 4.69) is 10.9 Å². The Labute approximate surface area is 116 Å². The van der Waals surface area contributed by atoms with Crippen LogP contribution in [-0.4, -0.2) is 11.9 Å². The Morgan fingerprint density at radius 3 is 2.35 bits per heavy atom. The van der Waals surface area contributed by atoms with Gasteiger partial charge in [-0.2, -0.15) is 0 Å². The van der Waals surface area contributed by atoms with Gasteiger partial charge in [-0.25, -0.2) is 10.2 Å². The number of aryl methyl sites for hydroxylation is 1. The lowest BCUT2D eigenvalue weighted by Crippen LogP contribution is -2.44. The Hall–Kier alpha value is -2.82. The number of nitrogens with one attached hydrogen (secondary N) is 2. The molecule has 0 aliphatic heterocycles. The Kier molecular flexibility index (Phi) is 4.00. The fraction of sp³-hybridized carbons (Fsp3) is 0.0667. The molecule has 0 saturated heterocycles. The van der Waals surface area contributed by atoms with Crippen LogP contribution in [-0.2, 0) is 0 Å². The molecule has 0 bridgehead atoms. The lowest BCUT2D eigenvalue weighted by molar-refractivity contribution is 0.0938. The predicted octanol–water partition coefficient (Wildman–Crippen LogP) is 1.98. The zero-order valence-corrected chi connectivity index (χ0v) is 11.0. The second-order valence-corrected chi connectivity index (χ2v) is 4.36. The van der Waals surface area contributed by atoms with E-state index >= 15 is 0 Å². The Bertz CT molecular complexity index is 639. The molecule has 4 N–H and O–H groups in total. The maximum Gasteiger partial charge on any atom is 0.330 e. The normalized spacial score (nSPS) is 9.85. The smallest absolute Gasteiger partial charge is 0.330 e. The molecule has 20 heavy (non-hydrogen) atoms. The topological polar surface area (TPSA) is 84.2 Å². The summed E-state index contributed by atoms with van der Waals surface area (Å²) in [6.07, 6.45) is 0. The summed E-state index contributed by atoms with van der Waals surface area (Å²) in [4.78, 5) is 22.7. The zero-order chi connectivity index (χ0) is 14.5. The van der Waals surface area contributed by atoms with Gasteiger partial charge in [0.25, 0.3) is 5.91 Å². The molecular weight excluding hydrogens is 254 g/mol. The first-order valence-corrected chi connectivity index (χ1v) is 6.10. The second kappa shape index (κ2) is 5.88. The minimum Gasteiger partial charge on any atom is -0.350 e. The van der Waals surface area contributed by atoms with Crippen LogP contribution in [0.1, 0.15) is 15.9 Å². The summed E-state index contributed by atoms with van der Waals surface area (Å²) in [5, 5.41) is 0. The molecule has 2 aromatic rings. The van der Waals surface area contributed by atoms with E-state index in [0.717, 1.165) is 16.7 Å². The van der Waals surface area contributed by atoms with Crippen LogP contribution in [0.2, 0.25) is 0 Å². The van der Waals surface area contributed by atoms with Gasteiger partial charge in [0, 0.05) is 5.56 Å². The SMILES string of the molecule is Cc1ccc(C(=O)NNC(N)=O)c(-c2ccccc2)c1. The molecule has 3 amide bonds. The number of amides is 3. The minimum absolute atomic E-state index is 0.414. The highest BCUT2D eigenvalue weighted by atomic mass is 16.2. The van der Waals surface area contributed by atoms with Crippen LogP contribution in [0.5, 0.6) is 0 Å². The van der Waals surface area contributed by atoms with Crippen molar-refractivity contribution in [1.82, 2.24) is 10.9 Å². The fourth-order valence-corrected chi connectivity index (χ4v) is 1.90. The van der Waals surface area contributed by atoms with Crippen molar-refractivity contribution in [1.29, 1.82) is 0 Å². The zero-order valence-electron chi connectivity index (χ0n) is 11.0. The molecule has 0 heterocycles. The standard InChI is InChI=1S/C15H15N3O2/c1-10-7-8-12(14(19)17-18-15(16)20)13(9-10)11-5-3-2-4-6-11/h2-9H,1H3,(H,17,19)(H3,16,18,20). The molecule has 0 fully saturated rings. The van der Waals surface area contributed by atoms with Gasteiger partial charge in [-0.15, -0.1) is 0 Å². The van der Waals surface area contributed by atoms with E-state index in [4.69, 9.17) is 5.73 Å². The maximum absolute atomic E-state index is 12.1. The summed E-state index contributed by atoms with van der Waals surface area (Å²) >= 11 is 0. The molecule has 2 aromatic carbocycles. The number of nitrogens with two attached hydrogens (primary N) is 1. The molecule has 5 nitrogen and oxygen atoms in total. The number of rotatable bonds is 2. The second-order valence-electron chi connectivity index (χ2n) is 4.36. The third-order valence-corrected chi connectivity index (χ3v) is 2.80. The number of hydrazine groups is 1. The van der Waals surface area contributed by atoms with Gasteiger partial charge in [0.2, 0.25) is 0 Å². The van der Waals surface area contributed by atoms with Crippen molar-refractivity contribution in [3.63, 3.8) is 0 Å². The Balaban J connectivity index is 2.38. The van der Waals surface area contributed by atoms with Crippen LogP contribution in [0, 0.1) is 6.92 Å². The van der Waals surface area contributed by atoms with Crippen molar-refractivity contribution in [2.45, 2.75) is 6.92 Å². The van der Waals surface area contributed by atoms with Crippen LogP contribution in [0.3, 0.4) is 0 Å². The van der Waals surface area contributed by atoms with Gasteiger partial charge in [-0.05, 0) is 24.1 Å². The van der Waals surface area contributed by atoms with Gasteiger partial charge in [-0.1, -0.05) is 48.0 Å². The van der Waals surface area contributed by atoms with E-state index in [-0.39, 0.29) is 0 Å². The number of benzene rings is 2. The highest BCUT2D eigenvalue weighted by Crippen LogP contribution is 2.24. The number of urea groups is 1. The molecule has 0 aromatic heterocycles. The summed E-state index contributed by atoms with van der Waals surface area (Å²) in [7, 11) is 0. The third kappa shape index (κ3) is 3.14. The molecule has 2 rings (SSSR count). The molecule has 0 aliphatic rings. The summed E-state index contributed by atoms with van der Waals surface area (Å²) in [5.41, 5.74) is 12.5. The van der Waals surface area contributed by atoms with Gasteiger partial charge in [0.05, 0.1) is 0 Å². The van der Waals surface area contributed by atoms with Crippen molar-refractivity contribution in [2.24, 2.45) is 5.73 Å². The first-order chi connectivity index (χ1) is 9.58. The van der Waals surface area contributed by atoms with Crippen LogP contribution < -0.4 is 16.6 Å². The number of hydrogen-bond acceptors (Lipinski definition) is 2. The van der Waals surface area contributed by atoms with Crippen molar-refractivity contribution < 1.29 is 9.59 Å². The van der Waals surface area contributed by atoms with Crippen LogP contribution in [0.15, 0.2) is 48.5 Å². The molecule has 0 radical (unpaired) electrons. The Morgan fingerprint density at radius 2 is 1.70 bits per heavy atom. The molecule has 102 valence electrons. The molecule has 0 spiro atoms. The summed E-state index contributed by atoms with van der Waals surface area (Å²) in [6.45, 7) is 1.95. The van der Waals surface area contributed by atoms with Crippen molar-refractivity contribution in [3.05, 3.63) is 59.7 Å². The summed E-state index contributed by atoms with van der Waals surface area (Å²) < 4.78 is 0. The van der Waals surface area contributed by atoms with E-state index in [0.29, 0.717) is 5.56 Å². The highest BCUT2D eigenvalue weighted by Gasteiger charge is 2.13. The van der Waals surface area contributed by atoms with Crippen molar-refractivity contribution >= 4 is 11.9 Å². The molecular formula is C15H15N3O2. The van der Waals surface area contributed by atoms with Gasteiger partial charge >= 0.3 is 6.03 Å². The van der Waals surface area contributed by atoms with Crippen molar-refractivity contribution in [2.75, 3.05) is 0 Å². The molecule has 0 saturated carbocycles. The average molecular weight is 269 g/mol. The van der Waals surface area contributed by atoms with E-state index in [1.807, 2.05) is 49.4 Å². The number of primary amides is 1. The lowest BCUT2D eigenvalue weighted by atomic mass is 9.97. The number of carbonyl (C=O) groups is 2. The highest BCUT2D eigenvalue weighted by molar-refractivity contribution is 6.01. The van der Waals surface area contributed by atoms with Crippen LogP contribution in [0.25, 0.3) is 11.1 Å².